The number of nitrogens with zero attached hydrogens (tertiary/aromatic N) is 2. The summed E-state index contributed by atoms with van der Waals surface area (Å²) in [7, 11) is -1.38. The van der Waals surface area contributed by atoms with Gasteiger partial charge in [-0.3, -0.25) is 0 Å². The van der Waals surface area contributed by atoms with Crippen molar-refractivity contribution in [3.05, 3.63) is 0 Å². The molecule has 0 bridgehead atoms. The lowest BCUT2D eigenvalue weighted by Gasteiger charge is -2.37. The molecule has 0 aliphatic carbocycles. The Morgan fingerprint density at radius 2 is 1.85 bits per heavy atom. The molecule has 1 N–H and O–H groups in total. The molecule has 118 valence electrons. The van der Waals surface area contributed by atoms with E-state index in [0.29, 0.717) is 25.6 Å². The molecular weight excluding hydrogens is 274 g/mol. The highest BCUT2D eigenvalue weighted by atomic mass is 32.2. The number of piperidine rings is 1. The van der Waals surface area contributed by atoms with E-state index in [1.54, 1.807) is 8.61 Å². The van der Waals surface area contributed by atoms with Gasteiger partial charge in [-0.25, -0.2) is 0 Å². The van der Waals surface area contributed by atoms with Crippen molar-refractivity contribution in [2.75, 3.05) is 33.2 Å². The Morgan fingerprint density at radius 3 is 2.60 bits per heavy atom. The molecule has 2 saturated heterocycles. The van der Waals surface area contributed by atoms with Crippen LogP contribution < -0.4 is 5.32 Å². The van der Waals surface area contributed by atoms with Crippen molar-refractivity contribution in [1.29, 1.82) is 0 Å². The zero-order valence-electron chi connectivity index (χ0n) is 12.8. The minimum Gasteiger partial charge on any atom is -0.318 e. The Bertz CT molecular complexity index is 397. The summed E-state index contributed by atoms with van der Waals surface area (Å²) < 4.78 is 29.3. The van der Waals surface area contributed by atoms with Gasteiger partial charge in [0, 0.05) is 32.2 Å². The first-order valence-electron chi connectivity index (χ1n) is 7.97. The van der Waals surface area contributed by atoms with E-state index in [4.69, 9.17) is 0 Å². The first-order valence-corrected chi connectivity index (χ1v) is 9.37. The molecule has 0 aromatic rings. The third kappa shape index (κ3) is 3.72. The monoisotopic (exact) mass is 303 g/mol. The maximum Gasteiger partial charge on any atom is 0.282 e. The molecule has 0 saturated carbocycles. The number of hydrogen-bond acceptors (Lipinski definition) is 3. The van der Waals surface area contributed by atoms with Crippen molar-refractivity contribution in [2.24, 2.45) is 5.92 Å². The van der Waals surface area contributed by atoms with Crippen molar-refractivity contribution >= 4 is 10.2 Å². The lowest BCUT2D eigenvalue weighted by Crippen LogP contribution is -2.53. The van der Waals surface area contributed by atoms with Crippen LogP contribution in [0.1, 0.15) is 45.4 Å². The maximum atomic E-state index is 12.9. The summed E-state index contributed by atoms with van der Waals surface area (Å²) in [5.41, 5.74) is 0. The molecule has 20 heavy (non-hydrogen) atoms. The molecule has 0 radical (unpaired) electrons. The van der Waals surface area contributed by atoms with Crippen LogP contribution in [0.4, 0.5) is 0 Å². The summed E-state index contributed by atoms with van der Waals surface area (Å²) in [6.07, 6.45) is 6.23. The van der Waals surface area contributed by atoms with E-state index in [1.807, 2.05) is 7.05 Å². The first kappa shape index (κ1) is 16.2. The van der Waals surface area contributed by atoms with E-state index in [-0.39, 0.29) is 6.04 Å². The van der Waals surface area contributed by atoms with Gasteiger partial charge in [0.05, 0.1) is 0 Å². The topological polar surface area (TPSA) is 52.7 Å². The van der Waals surface area contributed by atoms with Gasteiger partial charge in [-0.15, -0.1) is 0 Å². The van der Waals surface area contributed by atoms with Crippen molar-refractivity contribution in [2.45, 2.75) is 51.5 Å². The van der Waals surface area contributed by atoms with E-state index in [2.05, 4.69) is 12.2 Å². The summed E-state index contributed by atoms with van der Waals surface area (Å²) >= 11 is 0. The standard InChI is InChI=1S/C14H29N3O2S/c1-13-6-5-9-16(11-8-13)20(18,19)17-10-4-3-7-14(17)12-15-2/h13-15H,3-12H2,1-2H3. The Morgan fingerprint density at radius 1 is 1.05 bits per heavy atom. The molecule has 2 aliphatic heterocycles. The van der Waals surface area contributed by atoms with Gasteiger partial charge < -0.3 is 5.32 Å². The molecule has 2 heterocycles. The van der Waals surface area contributed by atoms with Gasteiger partial charge in [-0.1, -0.05) is 13.3 Å². The molecule has 2 aliphatic rings. The van der Waals surface area contributed by atoms with E-state index >= 15 is 0 Å². The van der Waals surface area contributed by atoms with Crippen LogP contribution in [0.3, 0.4) is 0 Å². The minimum absolute atomic E-state index is 0.124. The first-order chi connectivity index (χ1) is 9.55. The van der Waals surface area contributed by atoms with Crippen molar-refractivity contribution in [3.8, 4) is 0 Å². The quantitative estimate of drug-likeness (QED) is 0.855. The molecule has 0 aromatic heterocycles. The average Bonchev–Trinajstić information content (AvgIpc) is 2.65. The molecule has 0 aromatic carbocycles. The third-order valence-corrected chi connectivity index (χ3v) is 6.70. The van der Waals surface area contributed by atoms with Crippen LogP contribution in [-0.2, 0) is 10.2 Å². The zero-order valence-corrected chi connectivity index (χ0v) is 13.7. The van der Waals surface area contributed by atoms with Gasteiger partial charge in [0.1, 0.15) is 0 Å². The van der Waals surface area contributed by atoms with E-state index in [9.17, 15) is 8.42 Å². The Kier molecular flexibility index (Phi) is 5.84. The third-order valence-electron chi connectivity index (χ3n) is 4.61. The van der Waals surface area contributed by atoms with Crippen molar-refractivity contribution < 1.29 is 8.42 Å². The number of rotatable bonds is 4. The van der Waals surface area contributed by atoms with E-state index in [1.165, 1.54) is 0 Å². The van der Waals surface area contributed by atoms with Crippen LogP contribution in [-0.4, -0.2) is 56.3 Å². The normalized spacial score (nSPS) is 31.1. The van der Waals surface area contributed by atoms with Crippen LogP contribution in [0, 0.1) is 5.92 Å². The number of nitrogens with one attached hydrogen (secondary N) is 1. The minimum atomic E-state index is -3.28. The highest BCUT2D eigenvalue weighted by Gasteiger charge is 2.36. The van der Waals surface area contributed by atoms with Crippen LogP contribution in [0.5, 0.6) is 0 Å². The largest absolute Gasteiger partial charge is 0.318 e. The second-order valence-corrected chi connectivity index (χ2v) is 8.14. The fraction of sp³-hybridized carbons (Fsp3) is 1.00. The second kappa shape index (κ2) is 7.20. The van der Waals surface area contributed by atoms with Gasteiger partial charge in [0.15, 0.2) is 0 Å². The van der Waals surface area contributed by atoms with Gasteiger partial charge in [0.2, 0.25) is 0 Å². The van der Waals surface area contributed by atoms with Gasteiger partial charge in [0.25, 0.3) is 10.2 Å². The van der Waals surface area contributed by atoms with E-state index in [0.717, 1.165) is 45.1 Å². The van der Waals surface area contributed by atoms with Gasteiger partial charge in [-0.05, 0) is 45.1 Å². The van der Waals surface area contributed by atoms with Gasteiger partial charge in [-0.2, -0.15) is 17.0 Å². The fourth-order valence-corrected chi connectivity index (χ4v) is 5.24. The molecule has 2 unspecified atom stereocenters. The maximum absolute atomic E-state index is 12.9. The number of hydrogen-bond donors (Lipinski definition) is 1. The molecule has 2 atom stereocenters. The summed E-state index contributed by atoms with van der Waals surface area (Å²) in [6, 6.07) is 0.124. The smallest absolute Gasteiger partial charge is 0.282 e. The van der Waals surface area contributed by atoms with Crippen molar-refractivity contribution in [3.63, 3.8) is 0 Å². The van der Waals surface area contributed by atoms with Gasteiger partial charge >= 0.3 is 0 Å². The molecular formula is C14H29N3O2S. The molecule has 2 rings (SSSR count). The highest BCUT2D eigenvalue weighted by Crippen LogP contribution is 2.25. The average molecular weight is 303 g/mol. The van der Waals surface area contributed by atoms with Crippen LogP contribution in [0.25, 0.3) is 0 Å². The summed E-state index contributed by atoms with van der Waals surface area (Å²) in [5, 5.41) is 3.14. The molecule has 2 fully saturated rings. The molecule has 6 heteroatoms. The summed E-state index contributed by atoms with van der Waals surface area (Å²) in [6.45, 7) is 5.03. The Balaban J connectivity index is 2.10. The summed E-state index contributed by atoms with van der Waals surface area (Å²) in [4.78, 5) is 0. The van der Waals surface area contributed by atoms with Crippen LogP contribution in [0.15, 0.2) is 0 Å². The van der Waals surface area contributed by atoms with E-state index < -0.39 is 10.2 Å². The second-order valence-electron chi connectivity index (χ2n) is 6.26. The summed E-state index contributed by atoms with van der Waals surface area (Å²) in [5.74, 6) is 0.643. The van der Waals surface area contributed by atoms with Crippen molar-refractivity contribution in [1.82, 2.24) is 13.9 Å². The number of likely N-dealkylation sites (N-methyl/N-ethyl adjacent to an activating group) is 1. The molecule has 0 spiro atoms. The Hall–Kier alpha value is -0.170. The molecule has 5 nitrogen and oxygen atoms in total. The van der Waals surface area contributed by atoms with Crippen LogP contribution >= 0.6 is 0 Å². The Labute approximate surface area is 123 Å². The lowest BCUT2D eigenvalue weighted by molar-refractivity contribution is 0.229. The highest BCUT2D eigenvalue weighted by molar-refractivity contribution is 7.86. The molecule has 0 amide bonds. The predicted octanol–water partition coefficient (Wildman–Crippen LogP) is 1.43. The zero-order chi connectivity index (χ0) is 14.6. The van der Waals surface area contributed by atoms with Crippen LogP contribution in [0.2, 0.25) is 0 Å². The lowest BCUT2D eigenvalue weighted by atomic mass is 10.0. The predicted molar refractivity (Wildman–Crippen MR) is 81.8 cm³/mol. The fourth-order valence-electron chi connectivity index (χ4n) is 3.33. The SMILES string of the molecule is CNCC1CCCCN1S(=O)(=O)N1CCCC(C)CC1.